The van der Waals surface area contributed by atoms with Gasteiger partial charge in [-0.2, -0.15) is 0 Å². The Kier molecular flexibility index (Phi) is 6.44. The van der Waals surface area contributed by atoms with E-state index in [1.165, 1.54) is 12.1 Å². The van der Waals surface area contributed by atoms with Gasteiger partial charge in [0.15, 0.2) is 0 Å². The van der Waals surface area contributed by atoms with Gasteiger partial charge in [0.05, 0.1) is 16.9 Å². The first-order valence-corrected chi connectivity index (χ1v) is 10.0. The van der Waals surface area contributed by atoms with E-state index in [1.54, 1.807) is 50.2 Å². The fourth-order valence-electron chi connectivity index (χ4n) is 2.78. The SMILES string of the molecule is Cc1ccc(S(=O)(=O)N[C@@H](c2ccc(Cl)cc2)[C@H](C(=O)O)C(C)C)cc1. The highest BCUT2D eigenvalue weighted by molar-refractivity contribution is 7.89. The van der Waals surface area contributed by atoms with Crippen molar-refractivity contribution in [1.82, 2.24) is 4.72 Å². The van der Waals surface area contributed by atoms with Crippen molar-refractivity contribution in [3.8, 4) is 0 Å². The van der Waals surface area contributed by atoms with Gasteiger partial charge in [-0.25, -0.2) is 13.1 Å². The number of aryl methyl sites for hydroxylation is 1. The molecule has 5 nitrogen and oxygen atoms in total. The molecule has 0 saturated carbocycles. The Morgan fingerprint density at radius 1 is 1.04 bits per heavy atom. The third kappa shape index (κ3) is 4.84. The Bertz CT molecular complexity index is 861. The average Bonchev–Trinajstić information content (AvgIpc) is 2.54. The maximum absolute atomic E-state index is 12.8. The van der Waals surface area contributed by atoms with Crippen LogP contribution in [0.5, 0.6) is 0 Å². The van der Waals surface area contributed by atoms with Gasteiger partial charge in [0.2, 0.25) is 10.0 Å². The zero-order valence-electron chi connectivity index (χ0n) is 14.8. The highest BCUT2D eigenvalue weighted by Crippen LogP contribution is 2.31. The van der Waals surface area contributed by atoms with Crippen molar-refractivity contribution in [1.29, 1.82) is 0 Å². The molecule has 2 aromatic carbocycles. The minimum absolute atomic E-state index is 0.0926. The summed E-state index contributed by atoms with van der Waals surface area (Å²) in [6.07, 6.45) is 0. The number of rotatable bonds is 7. The van der Waals surface area contributed by atoms with E-state index in [1.807, 2.05) is 6.92 Å². The first-order chi connectivity index (χ1) is 12.1. The molecule has 0 saturated heterocycles. The number of carbonyl (C=O) groups is 1. The minimum atomic E-state index is -3.89. The van der Waals surface area contributed by atoms with Crippen LogP contribution in [0, 0.1) is 18.8 Å². The Labute approximate surface area is 159 Å². The number of sulfonamides is 1. The number of aliphatic carboxylic acids is 1. The van der Waals surface area contributed by atoms with E-state index in [-0.39, 0.29) is 10.8 Å². The molecule has 0 spiro atoms. The molecule has 0 aromatic heterocycles. The van der Waals surface area contributed by atoms with Crippen LogP contribution >= 0.6 is 11.6 Å². The maximum atomic E-state index is 12.8. The van der Waals surface area contributed by atoms with Crippen LogP contribution < -0.4 is 4.72 Å². The summed E-state index contributed by atoms with van der Waals surface area (Å²) in [5.41, 5.74) is 1.48. The van der Waals surface area contributed by atoms with Crippen LogP contribution in [0.2, 0.25) is 5.02 Å². The Morgan fingerprint density at radius 3 is 2.04 bits per heavy atom. The summed E-state index contributed by atoms with van der Waals surface area (Å²) in [7, 11) is -3.89. The van der Waals surface area contributed by atoms with E-state index in [0.29, 0.717) is 10.6 Å². The molecule has 2 atom stereocenters. The third-order valence-electron chi connectivity index (χ3n) is 4.21. The van der Waals surface area contributed by atoms with Gasteiger partial charge < -0.3 is 5.11 Å². The van der Waals surface area contributed by atoms with Crippen LogP contribution in [-0.4, -0.2) is 19.5 Å². The highest BCUT2D eigenvalue weighted by atomic mass is 35.5. The number of nitrogens with one attached hydrogen (secondary N) is 1. The number of hydrogen-bond acceptors (Lipinski definition) is 3. The molecule has 0 amide bonds. The number of carboxylic acid groups (broad SMARTS) is 1. The number of hydrogen-bond donors (Lipinski definition) is 2. The van der Waals surface area contributed by atoms with Crippen LogP contribution in [0.3, 0.4) is 0 Å². The van der Waals surface area contributed by atoms with Crippen molar-refractivity contribution in [3.05, 3.63) is 64.7 Å². The van der Waals surface area contributed by atoms with E-state index in [0.717, 1.165) is 5.56 Å². The van der Waals surface area contributed by atoms with Crippen molar-refractivity contribution < 1.29 is 18.3 Å². The van der Waals surface area contributed by atoms with Crippen molar-refractivity contribution >= 4 is 27.6 Å². The summed E-state index contributed by atoms with van der Waals surface area (Å²) >= 11 is 5.91. The van der Waals surface area contributed by atoms with Crippen LogP contribution in [-0.2, 0) is 14.8 Å². The van der Waals surface area contributed by atoms with Gasteiger partial charge in [0.1, 0.15) is 0 Å². The second-order valence-electron chi connectivity index (χ2n) is 6.57. The number of benzene rings is 2. The molecular weight excluding hydrogens is 374 g/mol. The summed E-state index contributed by atoms with van der Waals surface area (Å²) in [6, 6.07) is 12.0. The molecule has 0 aliphatic rings. The average molecular weight is 396 g/mol. The molecule has 0 aliphatic heterocycles. The normalized spacial score (nSPS) is 14.2. The van der Waals surface area contributed by atoms with E-state index in [4.69, 9.17) is 11.6 Å². The molecule has 0 radical (unpaired) electrons. The molecule has 2 aromatic rings. The van der Waals surface area contributed by atoms with Gasteiger partial charge in [-0.3, -0.25) is 4.79 Å². The summed E-state index contributed by atoms with van der Waals surface area (Å²) < 4.78 is 28.2. The molecule has 26 heavy (non-hydrogen) atoms. The minimum Gasteiger partial charge on any atom is -0.481 e. The lowest BCUT2D eigenvalue weighted by molar-refractivity contribution is -0.144. The lowest BCUT2D eigenvalue weighted by Gasteiger charge is -2.28. The Balaban J connectivity index is 2.48. The molecule has 7 heteroatoms. The molecule has 0 fully saturated rings. The second-order valence-corrected chi connectivity index (χ2v) is 8.72. The predicted molar refractivity (Wildman–Crippen MR) is 102 cm³/mol. The quantitative estimate of drug-likeness (QED) is 0.741. The fraction of sp³-hybridized carbons (Fsp3) is 0.316. The van der Waals surface area contributed by atoms with Crippen LogP contribution in [0.15, 0.2) is 53.4 Å². The smallest absolute Gasteiger partial charge is 0.308 e. The molecule has 0 aliphatic carbocycles. The van der Waals surface area contributed by atoms with Crippen molar-refractivity contribution in [2.45, 2.75) is 31.7 Å². The number of carboxylic acids is 1. The van der Waals surface area contributed by atoms with E-state index < -0.39 is 28.0 Å². The largest absolute Gasteiger partial charge is 0.481 e. The molecule has 0 bridgehead atoms. The lowest BCUT2D eigenvalue weighted by atomic mass is 9.85. The van der Waals surface area contributed by atoms with Crippen molar-refractivity contribution in [3.63, 3.8) is 0 Å². The summed E-state index contributed by atoms with van der Waals surface area (Å²) in [5.74, 6) is -2.28. The van der Waals surface area contributed by atoms with E-state index in [2.05, 4.69) is 4.72 Å². The third-order valence-corrected chi connectivity index (χ3v) is 5.91. The number of halogens is 1. The molecule has 2 rings (SSSR count). The zero-order chi connectivity index (χ0) is 19.5. The van der Waals surface area contributed by atoms with Gasteiger partial charge in [0.25, 0.3) is 0 Å². The lowest BCUT2D eigenvalue weighted by Crippen LogP contribution is -2.39. The molecule has 140 valence electrons. The summed E-state index contributed by atoms with van der Waals surface area (Å²) in [4.78, 5) is 11.9. The molecule has 2 N–H and O–H groups in total. The Hall–Kier alpha value is -1.89. The van der Waals surface area contributed by atoms with Crippen molar-refractivity contribution in [2.24, 2.45) is 11.8 Å². The van der Waals surface area contributed by atoms with Crippen LogP contribution in [0.1, 0.15) is 31.0 Å². The zero-order valence-corrected chi connectivity index (χ0v) is 16.4. The van der Waals surface area contributed by atoms with Gasteiger partial charge in [0, 0.05) is 5.02 Å². The Morgan fingerprint density at radius 2 is 1.58 bits per heavy atom. The van der Waals surface area contributed by atoms with E-state index in [9.17, 15) is 18.3 Å². The fourth-order valence-corrected chi connectivity index (χ4v) is 4.16. The maximum Gasteiger partial charge on any atom is 0.308 e. The summed E-state index contributed by atoms with van der Waals surface area (Å²) in [5, 5.41) is 10.2. The monoisotopic (exact) mass is 395 g/mol. The molecule has 0 unspecified atom stereocenters. The topological polar surface area (TPSA) is 83.5 Å². The van der Waals surface area contributed by atoms with Gasteiger partial charge in [-0.15, -0.1) is 0 Å². The van der Waals surface area contributed by atoms with Gasteiger partial charge in [-0.05, 0) is 42.7 Å². The van der Waals surface area contributed by atoms with Crippen molar-refractivity contribution in [2.75, 3.05) is 0 Å². The first-order valence-electron chi connectivity index (χ1n) is 8.19. The standard InChI is InChI=1S/C19H22ClNO4S/c1-12(2)17(19(22)23)18(14-6-8-15(20)9-7-14)21-26(24,25)16-10-4-13(3)5-11-16/h4-12,17-18,21H,1-3H3,(H,22,23)/t17-,18+/m1/s1. The molecule has 0 heterocycles. The van der Waals surface area contributed by atoms with Crippen LogP contribution in [0.25, 0.3) is 0 Å². The van der Waals surface area contributed by atoms with Gasteiger partial charge in [-0.1, -0.05) is 55.3 Å². The van der Waals surface area contributed by atoms with Crippen LogP contribution in [0.4, 0.5) is 0 Å². The molecular formula is C19H22ClNO4S. The van der Waals surface area contributed by atoms with E-state index >= 15 is 0 Å². The first kappa shape index (κ1) is 20.4. The predicted octanol–water partition coefficient (Wildman–Crippen LogP) is 4.02. The second kappa shape index (κ2) is 8.20. The summed E-state index contributed by atoms with van der Waals surface area (Å²) in [6.45, 7) is 5.36. The van der Waals surface area contributed by atoms with Gasteiger partial charge >= 0.3 is 5.97 Å². The highest BCUT2D eigenvalue weighted by Gasteiger charge is 2.35.